The van der Waals surface area contributed by atoms with Gasteiger partial charge in [0.05, 0.1) is 5.57 Å². The minimum Gasteiger partial charge on any atom is -0.378 e. The van der Waals surface area contributed by atoms with Gasteiger partial charge in [-0.05, 0) is 41.0 Å². The summed E-state index contributed by atoms with van der Waals surface area (Å²) in [5.74, 6) is -0.130. The van der Waals surface area contributed by atoms with Gasteiger partial charge in [-0.25, -0.2) is 0 Å². The Morgan fingerprint density at radius 2 is 1.24 bits per heavy atom. The van der Waals surface area contributed by atoms with Gasteiger partial charge in [0.25, 0.3) is 5.91 Å². The Morgan fingerprint density at radius 1 is 0.862 bits per heavy atom. The van der Waals surface area contributed by atoms with E-state index in [1.807, 2.05) is 86.5 Å². The highest BCUT2D eigenvalue weighted by molar-refractivity contribution is 6.28. The first-order chi connectivity index (χ1) is 13.8. The molecule has 0 radical (unpaired) electrons. The monoisotopic (exact) mass is 393 g/mol. The Kier molecular flexibility index (Phi) is 9.73. The summed E-state index contributed by atoms with van der Waals surface area (Å²) in [5.41, 5.74) is 5.44. The molecule has 0 bridgehead atoms. The Bertz CT molecular complexity index is 816. The Morgan fingerprint density at radius 3 is 1.55 bits per heavy atom. The van der Waals surface area contributed by atoms with E-state index in [0.717, 1.165) is 28.1 Å². The van der Waals surface area contributed by atoms with Crippen LogP contribution in [-0.4, -0.2) is 41.1 Å². The van der Waals surface area contributed by atoms with Gasteiger partial charge in [0.1, 0.15) is 0 Å². The van der Waals surface area contributed by atoms with E-state index in [4.69, 9.17) is 0 Å². The number of carbonyl (C=O) groups excluding carboxylic acids is 1. The van der Waals surface area contributed by atoms with Gasteiger partial charge in [0.15, 0.2) is 0 Å². The molecule has 2 aromatic carbocycles. The molecule has 29 heavy (non-hydrogen) atoms. The van der Waals surface area contributed by atoms with Crippen molar-refractivity contribution in [2.75, 3.05) is 45.0 Å². The summed E-state index contributed by atoms with van der Waals surface area (Å²) in [6.07, 6.45) is 3.00. The fourth-order valence-corrected chi connectivity index (χ4v) is 2.76. The number of nitrogens with one attached hydrogen (secondary N) is 1. The van der Waals surface area contributed by atoms with Crippen LogP contribution >= 0.6 is 0 Å². The van der Waals surface area contributed by atoms with Crippen LogP contribution in [-0.2, 0) is 4.79 Å². The van der Waals surface area contributed by atoms with Gasteiger partial charge in [-0.15, -0.1) is 0 Å². The summed E-state index contributed by atoms with van der Waals surface area (Å²) in [6, 6.07) is 16.1. The van der Waals surface area contributed by atoms with Gasteiger partial charge in [-0.3, -0.25) is 4.79 Å². The molecule has 0 atom stereocenters. The molecule has 4 heteroatoms. The van der Waals surface area contributed by atoms with E-state index >= 15 is 0 Å². The number of rotatable bonds is 6. The van der Waals surface area contributed by atoms with Crippen molar-refractivity contribution in [3.05, 3.63) is 72.3 Å². The number of carbonyl (C=O) groups is 1. The van der Waals surface area contributed by atoms with Crippen LogP contribution < -0.4 is 15.1 Å². The minimum absolute atomic E-state index is 0.130. The van der Waals surface area contributed by atoms with Crippen LogP contribution in [0.25, 0.3) is 11.1 Å². The molecule has 156 valence electrons. The zero-order chi connectivity index (χ0) is 22.0. The summed E-state index contributed by atoms with van der Waals surface area (Å²) in [6.45, 7) is 8.20. The van der Waals surface area contributed by atoms with Crippen LogP contribution in [0.15, 0.2) is 61.2 Å². The molecule has 1 N–H and O–H groups in total. The summed E-state index contributed by atoms with van der Waals surface area (Å²) >= 11 is 0. The smallest absolute Gasteiger partial charge is 0.252 e. The zero-order valence-electron chi connectivity index (χ0n) is 18.9. The molecule has 4 nitrogen and oxygen atoms in total. The molecule has 0 aliphatic carbocycles. The van der Waals surface area contributed by atoms with Gasteiger partial charge in [-0.2, -0.15) is 0 Å². The first kappa shape index (κ1) is 24.0. The second kappa shape index (κ2) is 11.7. The molecule has 0 saturated heterocycles. The van der Waals surface area contributed by atoms with Crippen molar-refractivity contribution >= 4 is 28.4 Å². The standard InChI is InChI=1S/C22H27N3O.C3H8/c1-7-20(16-8-12-18(13-9-16)24(3)4)21(22(26)23-2)17-10-14-19(15-11-17)25(5)6;1-3-2/h7-15H,1H2,2-6H3,(H,23,26);3H2,1-2H3/b21-20+;. The molecule has 2 aromatic rings. The predicted molar refractivity (Wildman–Crippen MR) is 129 cm³/mol. The number of amides is 1. The van der Waals surface area contributed by atoms with Crippen LogP contribution in [0.2, 0.25) is 0 Å². The second-order valence-corrected chi connectivity index (χ2v) is 7.16. The number of anilines is 2. The fraction of sp³-hybridized carbons (Fsp3) is 0.320. The summed E-state index contributed by atoms with van der Waals surface area (Å²) in [7, 11) is 9.63. The van der Waals surface area contributed by atoms with Gasteiger partial charge < -0.3 is 15.1 Å². The average Bonchev–Trinajstić information content (AvgIpc) is 2.72. The maximum atomic E-state index is 12.6. The summed E-state index contributed by atoms with van der Waals surface area (Å²) in [5, 5.41) is 2.75. The quantitative estimate of drug-likeness (QED) is 0.422. The highest BCUT2D eigenvalue weighted by atomic mass is 16.1. The molecule has 0 aliphatic heterocycles. The predicted octanol–water partition coefficient (Wildman–Crippen LogP) is 5.08. The lowest BCUT2D eigenvalue weighted by Gasteiger charge is -2.17. The summed E-state index contributed by atoms with van der Waals surface area (Å²) in [4.78, 5) is 16.7. The van der Waals surface area contributed by atoms with Crippen molar-refractivity contribution in [2.24, 2.45) is 0 Å². The molecular formula is C25H35N3O. The Hall–Kier alpha value is -3.01. The largest absolute Gasteiger partial charge is 0.378 e. The third kappa shape index (κ3) is 6.53. The molecular weight excluding hydrogens is 358 g/mol. The van der Waals surface area contributed by atoms with Crippen LogP contribution in [0.4, 0.5) is 11.4 Å². The minimum atomic E-state index is -0.130. The van der Waals surface area contributed by atoms with Gasteiger partial charge in [-0.1, -0.05) is 57.2 Å². The molecule has 0 saturated carbocycles. The SMILES string of the molecule is C=C/C(=C(\C(=O)NC)c1ccc(N(C)C)cc1)c1ccc(N(C)C)cc1.CCC. The molecule has 2 rings (SSSR count). The van der Waals surface area contributed by atoms with Crippen molar-refractivity contribution in [1.82, 2.24) is 5.32 Å². The van der Waals surface area contributed by atoms with Crippen molar-refractivity contribution in [3.63, 3.8) is 0 Å². The van der Waals surface area contributed by atoms with Crippen molar-refractivity contribution in [2.45, 2.75) is 20.3 Å². The Balaban J connectivity index is 0.00000132. The molecule has 0 spiro atoms. The van der Waals surface area contributed by atoms with E-state index in [9.17, 15) is 4.79 Å². The molecule has 0 aliphatic rings. The molecule has 0 heterocycles. The number of hydrogen-bond acceptors (Lipinski definition) is 3. The maximum absolute atomic E-state index is 12.6. The second-order valence-electron chi connectivity index (χ2n) is 7.16. The molecule has 1 amide bonds. The third-order valence-corrected chi connectivity index (χ3v) is 4.29. The van der Waals surface area contributed by atoms with Gasteiger partial charge in [0.2, 0.25) is 0 Å². The van der Waals surface area contributed by atoms with Crippen molar-refractivity contribution in [1.29, 1.82) is 0 Å². The van der Waals surface area contributed by atoms with Gasteiger partial charge >= 0.3 is 0 Å². The van der Waals surface area contributed by atoms with Gasteiger partial charge in [0, 0.05) is 46.6 Å². The number of hydrogen-bond donors (Lipinski definition) is 1. The van der Waals surface area contributed by atoms with Crippen molar-refractivity contribution in [3.8, 4) is 0 Å². The summed E-state index contributed by atoms with van der Waals surface area (Å²) < 4.78 is 0. The molecule has 0 unspecified atom stereocenters. The van der Waals surface area contributed by atoms with E-state index in [1.165, 1.54) is 6.42 Å². The first-order valence-electron chi connectivity index (χ1n) is 9.94. The van der Waals surface area contributed by atoms with E-state index < -0.39 is 0 Å². The number of nitrogens with zero attached hydrogens (tertiary/aromatic N) is 2. The molecule has 0 aromatic heterocycles. The van der Waals surface area contributed by atoms with E-state index in [2.05, 4.69) is 25.7 Å². The van der Waals surface area contributed by atoms with E-state index in [0.29, 0.717) is 5.57 Å². The first-order valence-corrected chi connectivity index (χ1v) is 9.94. The zero-order valence-corrected chi connectivity index (χ0v) is 18.9. The molecule has 0 fully saturated rings. The van der Waals surface area contributed by atoms with Crippen LogP contribution in [0.3, 0.4) is 0 Å². The van der Waals surface area contributed by atoms with Crippen molar-refractivity contribution < 1.29 is 4.79 Å². The number of likely N-dealkylation sites (N-methyl/N-ethyl adjacent to an activating group) is 1. The lowest BCUT2D eigenvalue weighted by atomic mass is 9.93. The highest BCUT2D eigenvalue weighted by Crippen LogP contribution is 2.30. The van der Waals surface area contributed by atoms with Crippen LogP contribution in [0.1, 0.15) is 31.4 Å². The van der Waals surface area contributed by atoms with Crippen LogP contribution in [0, 0.1) is 0 Å². The Labute approximate surface area is 176 Å². The lowest BCUT2D eigenvalue weighted by molar-refractivity contribution is -0.115. The number of benzene rings is 2. The fourth-order valence-electron chi connectivity index (χ4n) is 2.76. The number of allylic oxidation sites excluding steroid dienone is 2. The topological polar surface area (TPSA) is 35.6 Å². The van der Waals surface area contributed by atoms with E-state index in [-0.39, 0.29) is 5.91 Å². The maximum Gasteiger partial charge on any atom is 0.252 e. The van der Waals surface area contributed by atoms with Crippen LogP contribution in [0.5, 0.6) is 0 Å². The lowest BCUT2D eigenvalue weighted by Crippen LogP contribution is -2.20. The third-order valence-electron chi connectivity index (χ3n) is 4.29. The van der Waals surface area contributed by atoms with E-state index in [1.54, 1.807) is 13.1 Å². The normalized spacial score (nSPS) is 10.9. The average molecular weight is 394 g/mol. The highest BCUT2D eigenvalue weighted by Gasteiger charge is 2.16.